The SMILES string of the molecule is CC(C)CNCc1ccccc1CN(C)CC(C)(C)C. The third kappa shape index (κ3) is 7.06. The molecular weight excluding hydrogens is 244 g/mol. The Morgan fingerprint density at radius 2 is 1.70 bits per heavy atom. The fourth-order valence-electron chi connectivity index (χ4n) is 2.54. The van der Waals surface area contributed by atoms with Gasteiger partial charge in [0.15, 0.2) is 0 Å². The first-order chi connectivity index (χ1) is 9.28. The van der Waals surface area contributed by atoms with Crippen molar-refractivity contribution in [3.8, 4) is 0 Å². The van der Waals surface area contributed by atoms with E-state index >= 15 is 0 Å². The maximum Gasteiger partial charge on any atom is 0.0234 e. The van der Waals surface area contributed by atoms with Gasteiger partial charge in [0.05, 0.1) is 0 Å². The minimum absolute atomic E-state index is 0.347. The van der Waals surface area contributed by atoms with Crippen molar-refractivity contribution in [1.82, 2.24) is 10.2 Å². The van der Waals surface area contributed by atoms with Gasteiger partial charge < -0.3 is 10.2 Å². The molecule has 0 aromatic heterocycles. The number of hydrogen-bond acceptors (Lipinski definition) is 2. The quantitative estimate of drug-likeness (QED) is 0.812. The van der Waals surface area contributed by atoms with Crippen LogP contribution in [-0.4, -0.2) is 25.0 Å². The largest absolute Gasteiger partial charge is 0.312 e. The normalized spacial score (nSPS) is 12.4. The average Bonchev–Trinajstić information content (AvgIpc) is 2.28. The minimum Gasteiger partial charge on any atom is -0.312 e. The molecule has 2 heteroatoms. The Labute approximate surface area is 125 Å². The van der Waals surface area contributed by atoms with E-state index < -0.39 is 0 Å². The molecular formula is C18H32N2. The Morgan fingerprint density at radius 3 is 2.25 bits per heavy atom. The number of benzene rings is 1. The Hall–Kier alpha value is -0.860. The van der Waals surface area contributed by atoms with Crippen LogP contribution in [0, 0.1) is 11.3 Å². The van der Waals surface area contributed by atoms with Gasteiger partial charge in [0, 0.05) is 19.6 Å². The zero-order valence-corrected chi connectivity index (χ0v) is 14.2. The summed E-state index contributed by atoms with van der Waals surface area (Å²) in [5, 5.41) is 3.54. The van der Waals surface area contributed by atoms with Gasteiger partial charge in [-0.15, -0.1) is 0 Å². The molecule has 114 valence electrons. The van der Waals surface area contributed by atoms with Crippen LogP contribution in [0.25, 0.3) is 0 Å². The standard InChI is InChI=1S/C18H32N2/c1-15(2)11-19-12-16-9-7-8-10-17(16)13-20(6)14-18(3,4)5/h7-10,15,19H,11-14H2,1-6H3. The van der Waals surface area contributed by atoms with Gasteiger partial charge in [-0.05, 0) is 36.1 Å². The molecule has 0 amide bonds. The molecule has 1 aromatic rings. The first kappa shape index (κ1) is 17.2. The van der Waals surface area contributed by atoms with E-state index in [0.717, 1.165) is 26.2 Å². The van der Waals surface area contributed by atoms with E-state index in [0.29, 0.717) is 11.3 Å². The zero-order chi connectivity index (χ0) is 15.2. The fourth-order valence-corrected chi connectivity index (χ4v) is 2.54. The molecule has 0 atom stereocenters. The van der Waals surface area contributed by atoms with Crippen molar-refractivity contribution < 1.29 is 0 Å². The maximum atomic E-state index is 3.54. The summed E-state index contributed by atoms with van der Waals surface area (Å²) in [6.45, 7) is 15.5. The van der Waals surface area contributed by atoms with Crippen molar-refractivity contribution in [1.29, 1.82) is 0 Å². The lowest BCUT2D eigenvalue weighted by molar-refractivity contribution is 0.220. The van der Waals surface area contributed by atoms with Crippen LogP contribution in [0.2, 0.25) is 0 Å². The molecule has 0 bridgehead atoms. The molecule has 2 nitrogen and oxygen atoms in total. The second-order valence-electron chi connectivity index (χ2n) is 7.53. The molecule has 1 aromatic carbocycles. The van der Waals surface area contributed by atoms with Crippen molar-refractivity contribution in [2.24, 2.45) is 11.3 Å². The van der Waals surface area contributed by atoms with Crippen LogP contribution in [0.15, 0.2) is 24.3 Å². The summed E-state index contributed by atoms with van der Waals surface area (Å²) in [6.07, 6.45) is 0. The van der Waals surface area contributed by atoms with Gasteiger partial charge in [0.25, 0.3) is 0 Å². The highest BCUT2D eigenvalue weighted by molar-refractivity contribution is 5.27. The fraction of sp³-hybridized carbons (Fsp3) is 0.667. The number of nitrogens with zero attached hydrogens (tertiary/aromatic N) is 1. The van der Waals surface area contributed by atoms with Crippen LogP contribution < -0.4 is 5.32 Å². The van der Waals surface area contributed by atoms with E-state index in [2.05, 4.69) is 76.1 Å². The third-order valence-electron chi connectivity index (χ3n) is 3.17. The summed E-state index contributed by atoms with van der Waals surface area (Å²) < 4.78 is 0. The number of rotatable bonds is 7. The highest BCUT2D eigenvalue weighted by Crippen LogP contribution is 2.17. The first-order valence-corrected chi connectivity index (χ1v) is 7.74. The van der Waals surface area contributed by atoms with Crippen LogP contribution in [0.3, 0.4) is 0 Å². The molecule has 0 aliphatic carbocycles. The summed E-state index contributed by atoms with van der Waals surface area (Å²) in [4.78, 5) is 2.42. The van der Waals surface area contributed by atoms with Crippen molar-refractivity contribution in [3.63, 3.8) is 0 Å². The molecule has 0 saturated heterocycles. The first-order valence-electron chi connectivity index (χ1n) is 7.74. The van der Waals surface area contributed by atoms with Crippen molar-refractivity contribution in [2.75, 3.05) is 20.1 Å². The molecule has 0 fully saturated rings. The second-order valence-corrected chi connectivity index (χ2v) is 7.53. The summed E-state index contributed by atoms with van der Waals surface area (Å²) >= 11 is 0. The second kappa shape index (κ2) is 7.80. The molecule has 1 N–H and O–H groups in total. The van der Waals surface area contributed by atoms with Gasteiger partial charge in [-0.3, -0.25) is 0 Å². The Bertz CT molecular complexity index is 391. The summed E-state index contributed by atoms with van der Waals surface area (Å²) in [5.74, 6) is 0.700. The molecule has 0 spiro atoms. The van der Waals surface area contributed by atoms with Gasteiger partial charge in [-0.25, -0.2) is 0 Å². The lowest BCUT2D eigenvalue weighted by Crippen LogP contribution is -2.29. The Morgan fingerprint density at radius 1 is 1.10 bits per heavy atom. The molecule has 0 unspecified atom stereocenters. The van der Waals surface area contributed by atoms with Gasteiger partial charge in [-0.2, -0.15) is 0 Å². The lowest BCUT2D eigenvalue weighted by Gasteiger charge is -2.27. The van der Waals surface area contributed by atoms with Crippen molar-refractivity contribution in [3.05, 3.63) is 35.4 Å². The van der Waals surface area contributed by atoms with Gasteiger partial charge in [0.1, 0.15) is 0 Å². The summed E-state index contributed by atoms with van der Waals surface area (Å²) in [7, 11) is 2.21. The van der Waals surface area contributed by atoms with Crippen LogP contribution in [0.5, 0.6) is 0 Å². The molecule has 0 aliphatic rings. The highest BCUT2D eigenvalue weighted by Gasteiger charge is 2.14. The summed E-state index contributed by atoms with van der Waals surface area (Å²) in [6, 6.07) is 8.78. The molecule has 0 saturated carbocycles. The predicted octanol–water partition coefficient (Wildman–Crippen LogP) is 3.91. The summed E-state index contributed by atoms with van der Waals surface area (Å²) in [5.41, 5.74) is 3.21. The number of hydrogen-bond donors (Lipinski definition) is 1. The van der Waals surface area contributed by atoms with Crippen LogP contribution in [0.1, 0.15) is 45.7 Å². The topological polar surface area (TPSA) is 15.3 Å². The molecule has 0 heterocycles. The minimum atomic E-state index is 0.347. The van der Waals surface area contributed by atoms with Crippen LogP contribution >= 0.6 is 0 Å². The van der Waals surface area contributed by atoms with E-state index in [4.69, 9.17) is 0 Å². The molecule has 0 aliphatic heterocycles. The van der Waals surface area contributed by atoms with E-state index in [-0.39, 0.29) is 0 Å². The van der Waals surface area contributed by atoms with Gasteiger partial charge in [-0.1, -0.05) is 58.9 Å². The molecule has 20 heavy (non-hydrogen) atoms. The maximum absolute atomic E-state index is 3.54. The van der Waals surface area contributed by atoms with Gasteiger partial charge in [0.2, 0.25) is 0 Å². The lowest BCUT2D eigenvalue weighted by atomic mass is 9.96. The predicted molar refractivity (Wildman–Crippen MR) is 88.8 cm³/mol. The van der Waals surface area contributed by atoms with Crippen molar-refractivity contribution in [2.45, 2.75) is 47.7 Å². The highest BCUT2D eigenvalue weighted by atomic mass is 15.1. The van der Waals surface area contributed by atoms with E-state index in [1.807, 2.05) is 0 Å². The Balaban J connectivity index is 2.60. The monoisotopic (exact) mass is 276 g/mol. The smallest absolute Gasteiger partial charge is 0.0234 e. The van der Waals surface area contributed by atoms with Gasteiger partial charge >= 0.3 is 0 Å². The molecule has 1 rings (SSSR count). The Kier molecular flexibility index (Phi) is 6.70. The molecule has 0 radical (unpaired) electrons. The third-order valence-corrected chi connectivity index (χ3v) is 3.17. The van der Waals surface area contributed by atoms with E-state index in [1.165, 1.54) is 11.1 Å². The van der Waals surface area contributed by atoms with E-state index in [9.17, 15) is 0 Å². The van der Waals surface area contributed by atoms with Crippen LogP contribution in [0.4, 0.5) is 0 Å². The van der Waals surface area contributed by atoms with Crippen molar-refractivity contribution >= 4 is 0 Å². The average molecular weight is 276 g/mol. The van der Waals surface area contributed by atoms with E-state index in [1.54, 1.807) is 0 Å². The van der Waals surface area contributed by atoms with Crippen LogP contribution in [-0.2, 0) is 13.1 Å². The zero-order valence-electron chi connectivity index (χ0n) is 14.2. The number of nitrogens with one attached hydrogen (secondary N) is 1.